The maximum absolute atomic E-state index is 4.45. The Balaban J connectivity index is 1.54. The van der Waals surface area contributed by atoms with Crippen molar-refractivity contribution in [3.8, 4) is 11.1 Å². The van der Waals surface area contributed by atoms with Crippen molar-refractivity contribution in [1.29, 1.82) is 0 Å². The maximum Gasteiger partial charge on any atom is 0.0355 e. The summed E-state index contributed by atoms with van der Waals surface area (Å²) in [5.41, 5.74) is 2.54. The van der Waals surface area contributed by atoms with E-state index in [1.807, 2.05) is 23.7 Å². The molecule has 2 heteroatoms. The minimum atomic E-state index is 1.14. The first kappa shape index (κ1) is 17.2. The molecule has 6 aromatic rings. The zero-order valence-electron chi connectivity index (χ0n) is 16.9. The first-order chi connectivity index (χ1) is 15.4. The lowest BCUT2D eigenvalue weighted by atomic mass is 9.92. The number of aromatic nitrogens is 1. The predicted molar refractivity (Wildman–Crippen MR) is 135 cm³/mol. The molecule has 1 nitrogen and oxygen atoms in total. The Morgan fingerprint density at radius 1 is 0.613 bits per heavy atom. The molecule has 0 saturated carbocycles. The van der Waals surface area contributed by atoms with Crippen molar-refractivity contribution in [2.45, 2.75) is 12.8 Å². The fraction of sp³-hybridized carbons (Fsp3) is 0.0690. The Morgan fingerprint density at radius 2 is 1.32 bits per heavy atom. The Kier molecular flexibility index (Phi) is 3.61. The van der Waals surface area contributed by atoms with E-state index in [4.69, 9.17) is 0 Å². The second-order valence-corrected chi connectivity index (χ2v) is 9.39. The average Bonchev–Trinajstić information content (AvgIpc) is 3.22. The molecule has 1 aliphatic carbocycles. The smallest absolute Gasteiger partial charge is 0.0355 e. The highest BCUT2D eigenvalue weighted by Gasteiger charge is 2.11. The third-order valence-corrected chi connectivity index (χ3v) is 7.75. The third kappa shape index (κ3) is 2.52. The SMILES string of the molecule is C1=c2sc3ccc(-c4ccc5c6ccccc6c6ccncc6c5c4)cc3c2=CCC1. The number of hydrogen-bond acceptors (Lipinski definition) is 2. The fourth-order valence-electron chi connectivity index (χ4n) is 5.10. The molecule has 31 heavy (non-hydrogen) atoms. The molecule has 4 aromatic carbocycles. The number of benzene rings is 4. The van der Waals surface area contributed by atoms with Gasteiger partial charge in [-0.2, -0.15) is 0 Å². The molecule has 2 aromatic heterocycles. The highest BCUT2D eigenvalue weighted by molar-refractivity contribution is 7.17. The second-order valence-electron chi connectivity index (χ2n) is 8.30. The molecule has 0 aliphatic heterocycles. The lowest BCUT2D eigenvalue weighted by Gasteiger charge is -2.11. The highest BCUT2D eigenvalue weighted by Crippen LogP contribution is 2.37. The van der Waals surface area contributed by atoms with E-state index in [-0.39, 0.29) is 0 Å². The summed E-state index contributed by atoms with van der Waals surface area (Å²) in [6.07, 6.45) is 11.0. The van der Waals surface area contributed by atoms with Crippen LogP contribution in [0.25, 0.3) is 65.7 Å². The average molecular weight is 414 g/mol. The summed E-state index contributed by atoms with van der Waals surface area (Å²) in [4.78, 5) is 4.45. The van der Waals surface area contributed by atoms with Gasteiger partial charge >= 0.3 is 0 Å². The standard InChI is InChI=1S/C29H19NS/c1-2-6-21-20(5-1)22-11-9-18(15-25(22)27-17-30-14-13-23(21)27)19-10-12-29-26(16-19)24-7-3-4-8-28(24)31-29/h1-2,5-17H,3-4H2. The van der Waals surface area contributed by atoms with Gasteiger partial charge in [0, 0.05) is 32.4 Å². The van der Waals surface area contributed by atoms with Gasteiger partial charge in [0.15, 0.2) is 0 Å². The van der Waals surface area contributed by atoms with Crippen LogP contribution >= 0.6 is 11.3 Å². The van der Waals surface area contributed by atoms with Crippen molar-refractivity contribution >= 4 is 65.9 Å². The summed E-state index contributed by atoms with van der Waals surface area (Å²) in [6.45, 7) is 0. The zero-order valence-corrected chi connectivity index (χ0v) is 17.7. The van der Waals surface area contributed by atoms with Crippen molar-refractivity contribution in [3.05, 3.63) is 88.9 Å². The van der Waals surface area contributed by atoms with Crippen LogP contribution in [0.4, 0.5) is 0 Å². The molecule has 0 fully saturated rings. The van der Waals surface area contributed by atoms with Crippen LogP contribution in [0.5, 0.6) is 0 Å². The van der Waals surface area contributed by atoms with Crippen LogP contribution in [0.3, 0.4) is 0 Å². The van der Waals surface area contributed by atoms with Crippen molar-refractivity contribution in [3.63, 3.8) is 0 Å². The van der Waals surface area contributed by atoms with E-state index in [1.54, 1.807) is 0 Å². The predicted octanol–water partition coefficient (Wildman–Crippen LogP) is 6.78. The Hall–Kier alpha value is -3.49. The van der Waals surface area contributed by atoms with Gasteiger partial charge in [-0.25, -0.2) is 0 Å². The quantitative estimate of drug-likeness (QED) is 0.271. The number of hydrogen-bond donors (Lipinski definition) is 0. The molecule has 0 amide bonds. The third-order valence-electron chi connectivity index (χ3n) is 6.57. The second kappa shape index (κ2) is 6.50. The summed E-state index contributed by atoms with van der Waals surface area (Å²) in [6, 6.07) is 24.7. The summed E-state index contributed by atoms with van der Waals surface area (Å²) < 4.78 is 2.81. The molecule has 0 bridgehead atoms. The first-order valence-electron chi connectivity index (χ1n) is 10.8. The number of pyridine rings is 1. The Labute approximate surface area is 183 Å². The molecule has 1 aliphatic rings. The lowest BCUT2D eigenvalue weighted by Crippen LogP contribution is -2.20. The van der Waals surface area contributed by atoms with Gasteiger partial charge in [-0.15, -0.1) is 11.3 Å². The fourth-order valence-corrected chi connectivity index (χ4v) is 6.25. The van der Waals surface area contributed by atoms with Gasteiger partial charge in [0.05, 0.1) is 0 Å². The van der Waals surface area contributed by atoms with Crippen LogP contribution in [0, 0.1) is 0 Å². The van der Waals surface area contributed by atoms with Gasteiger partial charge in [0.1, 0.15) is 0 Å². The van der Waals surface area contributed by atoms with E-state index < -0.39 is 0 Å². The van der Waals surface area contributed by atoms with Crippen LogP contribution in [-0.2, 0) is 0 Å². The van der Waals surface area contributed by atoms with E-state index in [1.165, 1.54) is 63.3 Å². The van der Waals surface area contributed by atoms with Crippen LogP contribution < -0.4 is 9.75 Å². The van der Waals surface area contributed by atoms with E-state index in [9.17, 15) is 0 Å². The largest absolute Gasteiger partial charge is 0.264 e. The van der Waals surface area contributed by atoms with E-state index in [0.29, 0.717) is 0 Å². The summed E-state index contributed by atoms with van der Waals surface area (Å²) >= 11 is 1.91. The van der Waals surface area contributed by atoms with Gasteiger partial charge in [0.25, 0.3) is 0 Å². The maximum atomic E-state index is 4.45. The van der Waals surface area contributed by atoms with Gasteiger partial charge < -0.3 is 0 Å². The first-order valence-corrected chi connectivity index (χ1v) is 11.6. The highest BCUT2D eigenvalue weighted by atomic mass is 32.1. The van der Waals surface area contributed by atoms with Gasteiger partial charge in [-0.05, 0) is 80.4 Å². The number of rotatable bonds is 1. The lowest BCUT2D eigenvalue weighted by molar-refractivity contribution is 1.13. The molecule has 0 spiro atoms. The zero-order chi connectivity index (χ0) is 20.4. The molecular formula is C29H19NS. The number of nitrogens with zero attached hydrogens (tertiary/aromatic N) is 1. The van der Waals surface area contributed by atoms with Crippen LogP contribution in [0.15, 0.2) is 79.1 Å². The van der Waals surface area contributed by atoms with Crippen LogP contribution in [0.2, 0.25) is 0 Å². The van der Waals surface area contributed by atoms with Crippen LogP contribution in [0.1, 0.15) is 12.8 Å². The number of fused-ring (bicyclic) bond motifs is 9. The van der Waals surface area contributed by atoms with Gasteiger partial charge in [0.2, 0.25) is 0 Å². The van der Waals surface area contributed by atoms with Crippen molar-refractivity contribution in [2.75, 3.05) is 0 Å². The molecule has 0 atom stereocenters. The molecule has 146 valence electrons. The summed E-state index contributed by atoms with van der Waals surface area (Å²) in [5.74, 6) is 0. The molecular weight excluding hydrogens is 394 g/mol. The summed E-state index contributed by atoms with van der Waals surface area (Å²) in [5, 5.41) is 10.4. The van der Waals surface area contributed by atoms with Crippen molar-refractivity contribution in [1.82, 2.24) is 4.98 Å². The van der Waals surface area contributed by atoms with E-state index in [0.717, 1.165) is 12.8 Å². The molecule has 7 rings (SSSR count). The minimum Gasteiger partial charge on any atom is -0.264 e. The Bertz CT molecular complexity index is 1750. The van der Waals surface area contributed by atoms with Crippen molar-refractivity contribution < 1.29 is 0 Å². The normalized spacial score (nSPS) is 13.4. The molecule has 0 radical (unpaired) electrons. The van der Waals surface area contributed by atoms with Gasteiger partial charge in [-0.1, -0.05) is 54.6 Å². The monoisotopic (exact) mass is 413 g/mol. The van der Waals surface area contributed by atoms with E-state index >= 15 is 0 Å². The molecule has 2 heterocycles. The topological polar surface area (TPSA) is 12.9 Å². The van der Waals surface area contributed by atoms with Crippen LogP contribution in [-0.4, -0.2) is 4.98 Å². The Morgan fingerprint density at radius 3 is 2.19 bits per heavy atom. The number of thiophene rings is 1. The van der Waals surface area contributed by atoms with E-state index in [2.05, 4.69) is 83.9 Å². The van der Waals surface area contributed by atoms with Crippen molar-refractivity contribution in [2.24, 2.45) is 0 Å². The van der Waals surface area contributed by atoms with Gasteiger partial charge in [-0.3, -0.25) is 4.98 Å². The molecule has 0 N–H and O–H groups in total. The molecule has 0 saturated heterocycles. The summed E-state index contributed by atoms with van der Waals surface area (Å²) in [7, 11) is 0. The molecule has 0 unspecified atom stereocenters. The minimum absolute atomic E-state index is 1.14.